The van der Waals surface area contributed by atoms with Crippen molar-refractivity contribution in [1.29, 1.82) is 0 Å². The normalized spacial score (nSPS) is 17.8. The Balaban J connectivity index is 1.46. The molecule has 0 aliphatic carbocycles. The number of halogens is 1. The van der Waals surface area contributed by atoms with Gasteiger partial charge < -0.3 is 14.7 Å². The summed E-state index contributed by atoms with van der Waals surface area (Å²) in [4.78, 5) is 34.9. The highest BCUT2D eigenvalue weighted by Crippen LogP contribution is 2.30. The van der Waals surface area contributed by atoms with Crippen molar-refractivity contribution in [3.05, 3.63) is 34.9 Å². The number of para-hydroxylation sites is 1. The molecule has 3 heterocycles. The first-order valence-electron chi connectivity index (χ1n) is 9.01. The number of fused-ring (bicyclic) bond motifs is 1. The van der Waals surface area contributed by atoms with E-state index in [-0.39, 0.29) is 11.8 Å². The van der Waals surface area contributed by atoms with E-state index in [9.17, 15) is 9.59 Å². The van der Waals surface area contributed by atoms with Crippen molar-refractivity contribution in [2.24, 2.45) is 0 Å². The smallest absolute Gasteiger partial charge is 0.312 e. The minimum Gasteiger partial charge on any atom is -0.367 e. The van der Waals surface area contributed by atoms with E-state index in [1.165, 1.54) is 0 Å². The predicted octanol–water partition coefficient (Wildman–Crippen LogP) is 2.27. The van der Waals surface area contributed by atoms with Gasteiger partial charge >= 0.3 is 11.8 Å². The zero-order valence-electron chi connectivity index (χ0n) is 14.5. The topological polar surface area (TPSA) is 56.8 Å². The fraction of sp³-hybridized carbons (Fsp3) is 0.421. The summed E-state index contributed by atoms with van der Waals surface area (Å²) >= 11 is 3.56. The molecule has 7 heteroatoms. The minimum atomic E-state index is -0.353. The molecular formula is C19H21BrN4O2. The molecule has 2 aromatic rings. The van der Waals surface area contributed by atoms with Crippen molar-refractivity contribution in [3.8, 4) is 0 Å². The standard InChI is InChI=1S/C19H21BrN4O2/c20-15-5-3-4-14-16(6-7-21-17(14)15)22-10-12-24(13-11-22)19(26)18(25)23-8-1-2-9-23/h3-7H,1-2,8-13H2. The van der Waals surface area contributed by atoms with Crippen molar-refractivity contribution >= 4 is 44.3 Å². The Bertz CT molecular complexity index is 843. The summed E-state index contributed by atoms with van der Waals surface area (Å²) in [6.45, 7) is 3.98. The number of amides is 2. The van der Waals surface area contributed by atoms with Gasteiger partial charge in [0.25, 0.3) is 0 Å². The van der Waals surface area contributed by atoms with Gasteiger partial charge in [0.05, 0.1) is 5.52 Å². The number of piperazine rings is 1. The van der Waals surface area contributed by atoms with E-state index in [1.54, 1.807) is 9.80 Å². The maximum Gasteiger partial charge on any atom is 0.312 e. The third-order valence-electron chi connectivity index (χ3n) is 5.18. The number of likely N-dealkylation sites (tertiary alicyclic amines) is 1. The molecule has 26 heavy (non-hydrogen) atoms. The number of aromatic nitrogens is 1. The lowest BCUT2D eigenvalue weighted by atomic mass is 10.1. The van der Waals surface area contributed by atoms with Gasteiger partial charge in [0.2, 0.25) is 0 Å². The number of carbonyl (C=O) groups is 2. The van der Waals surface area contributed by atoms with Gasteiger partial charge in [0.1, 0.15) is 0 Å². The molecule has 2 fully saturated rings. The zero-order valence-corrected chi connectivity index (χ0v) is 16.1. The van der Waals surface area contributed by atoms with E-state index < -0.39 is 0 Å². The summed E-state index contributed by atoms with van der Waals surface area (Å²) in [6, 6.07) is 8.07. The third kappa shape index (κ3) is 3.16. The summed E-state index contributed by atoms with van der Waals surface area (Å²) in [5.74, 6) is -0.692. The molecule has 2 saturated heterocycles. The monoisotopic (exact) mass is 416 g/mol. The summed E-state index contributed by atoms with van der Waals surface area (Å²) < 4.78 is 0.974. The van der Waals surface area contributed by atoms with E-state index in [0.717, 1.165) is 33.9 Å². The molecule has 0 unspecified atom stereocenters. The van der Waals surface area contributed by atoms with E-state index in [4.69, 9.17) is 0 Å². The van der Waals surface area contributed by atoms with Crippen molar-refractivity contribution < 1.29 is 9.59 Å². The second-order valence-electron chi connectivity index (χ2n) is 6.74. The molecule has 136 valence electrons. The van der Waals surface area contributed by atoms with Gasteiger partial charge in [-0.2, -0.15) is 0 Å². The molecule has 6 nitrogen and oxygen atoms in total. The van der Waals surface area contributed by atoms with Gasteiger partial charge in [-0.1, -0.05) is 12.1 Å². The first kappa shape index (κ1) is 17.3. The minimum absolute atomic E-state index is 0.339. The first-order valence-corrected chi connectivity index (χ1v) is 9.81. The SMILES string of the molecule is O=C(C(=O)N1CCN(c2ccnc3c(Br)cccc23)CC1)N1CCCC1. The van der Waals surface area contributed by atoms with Crippen LogP contribution in [-0.4, -0.2) is 65.9 Å². The van der Waals surface area contributed by atoms with Crippen LogP contribution in [0.4, 0.5) is 5.69 Å². The van der Waals surface area contributed by atoms with Crippen LogP contribution in [0.2, 0.25) is 0 Å². The van der Waals surface area contributed by atoms with Crippen molar-refractivity contribution in [2.45, 2.75) is 12.8 Å². The molecule has 1 aromatic heterocycles. The maximum absolute atomic E-state index is 12.5. The Hall–Kier alpha value is -2.15. The van der Waals surface area contributed by atoms with Crippen LogP contribution in [0.5, 0.6) is 0 Å². The highest BCUT2D eigenvalue weighted by atomic mass is 79.9. The van der Waals surface area contributed by atoms with E-state index in [0.29, 0.717) is 39.3 Å². The Morgan fingerprint density at radius 3 is 2.23 bits per heavy atom. The van der Waals surface area contributed by atoms with E-state index in [1.807, 2.05) is 24.4 Å². The average molecular weight is 417 g/mol. The number of hydrogen-bond donors (Lipinski definition) is 0. The molecule has 4 rings (SSSR count). The lowest BCUT2D eigenvalue weighted by Gasteiger charge is -2.36. The molecule has 0 spiro atoms. The van der Waals surface area contributed by atoms with Gasteiger partial charge in [-0.25, -0.2) is 0 Å². The van der Waals surface area contributed by atoms with E-state index in [2.05, 4.69) is 31.9 Å². The molecule has 0 radical (unpaired) electrons. The zero-order chi connectivity index (χ0) is 18.1. The molecule has 0 N–H and O–H groups in total. The molecular weight excluding hydrogens is 396 g/mol. The number of hydrogen-bond acceptors (Lipinski definition) is 4. The van der Waals surface area contributed by atoms with Crippen LogP contribution < -0.4 is 4.90 Å². The second-order valence-corrected chi connectivity index (χ2v) is 7.60. The molecule has 0 atom stereocenters. The Morgan fingerprint density at radius 1 is 0.885 bits per heavy atom. The molecule has 2 aliphatic rings. The summed E-state index contributed by atoms with van der Waals surface area (Å²) in [5.41, 5.74) is 2.06. The number of rotatable bonds is 1. The Labute approximate surface area is 160 Å². The van der Waals surface area contributed by atoms with Gasteiger partial charge in [-0.3, -0.25) is 14.6 Å². The van der Waals surface area contributed by atoms with Crippen molar-refractivity contribution in [3.63, 3.8) is 0 Å². The van der Waals surface area contributed by atoms with Gasteiger partial charge in [0, 0.05) is 61.0 Å². The summed E-state index contributed by atoms with van der Waals surface area (Å²) in [7, 11) is 0. The first-order chi connectivity index (χ1) is 12.6. The van der Waals surface area contributed by atoms with Crippen LogP contribution in [0.15, 0.2) is 34.9 Å². The third-order valence-corrected chi connectivity index (χ3v) is 5.82. The highest BCUT2D eigenvalue weighted by Gasteiger charge is 2.31. The molecule has 2 amide bonds. The predicted molar refractivity (Wildman–Crippen MR) is 104 cm³/mol. The largest absolute Gasteiger partial charge is 0.367 e. The lowest BCUT2D eigenvalue weighted by molar-refractivity contribution is -0.151. The number of carbonyl (C=O) groups excluding carboxylic acids is 2. The quantitative estimate of drug-likeness (QED) is 0.669. The fourth-order valence-electron chi connectivity index (χ4n) is 3.74. The lowest BCUT2D eigenvalue weighted by Crippen LogP contribution is -2.53. The van der Waals surface area contributed by atoms with Crippen molar-refractivity contribution in [2.75, 3.05) is 44.2 Å². The fourth-order valence-corrected chi connectivity index (χ4v) is 4.21. The Morgan fingerprint density at radius 2 is 1.54 bits per heavy atom. The van der Waals surface area contributed by atoms with Gasteiger partial charge in [0.15, 0.2) is 0 Å². The summed E-state index contributed by atoms with van der Waals surface area (Å²) in [6.07, 6.45) is 3.81. The number of anilines is 1. The average Bonchev–Trinajstić information content (AvgIpc) is 3.22. The van der Waals surface area contributed by atoms with Crippen LogP contribution in [-0.2, 0) is 9.59 Å². The van der Waals surface area contributed by atoms with Gasteiger partial charge in [-0.15, -0.1) is 0 Å². The highest BCUT2D eigenvalue weighted by molar-refractivity contribution is 9.10. The molecule has 0 saturated carbocycles. The van der Waals surface area contributed by atoms with Crippen LogP contribution >= 0.6 is 15.9 Å². The number of nitrogens with zero attached hydrogens (tertiary/aromatic N) is 4. The van der Waals surface area contributed by atoms with Crippen LogP contribution in [0, 0.1) is 0 Å². The van der Waals surface area contributed by atoms with Crippen LogP contribution in [0.25, 0.3) is 10.9 Å². The van der Waals surface area contributed by atoms with Crippen LogP contribution in [0.1, 0.15) is 12.8 Å². The second kappa shape index (κ2) is 7.23. The van der Waals surface area contributed by atoms with E-state index >= 15 is 0 Å². The molecule has 2 aliphatic heterocycles. The van der Waals surface area contributed by atoms with Crippen LogP contribution in [0.3, 0.4) is 0 Å². The summed E-state index contributed by atoms with van der Waals surface area (Å²) in [5, 5.41) is 1.09. The molecule has 0 bridgehead atoms. The molecule has 1 aromatic carbocycles. The van der Waals surface area contributed by atoms with Gasteiger partial charge in [-0.05, 0) is 40.9 Å². The Kier molecular flexibility index (Phi) is 4.80. The number of benzene rings is 1. The number of pyridine rings is 1. The van der Waals surface area contributed by atoms with Crippen molar-refractivity contribution in [1.82, 2.24) is 14.8 Å². The maximum atomic E-state index is 12.5.